The normalized spacial score (nSPS) is 24.1. The van der Waals surface area contributed by atoms with Gasteiger partial charge in [-0.2, -0.15) is 0 Å². The smallest absolute Gasteiger partial charge is 0.272 e. The van der Waals surface area contributed by atoms with Crippen LogP contribution < -0.4 is 5.73 Å². The molecule has 1 aliphatic rings. The minimum absolute atomic E-state index is 0.0699. The zero-order valence-electron chi connectivity index (χ0n) is 10.5. The van der Waals surface area contributed by atoms with Crippen LogP contribution in [0.1, 0.15) is 30.3 Å². The Labute approximate surface area is 112 Å². The summed E-state index contributed by atoms with van der Waals surface area (Å²) in [6.07, 6.45) is 2.14. The standard InChI is InChI=1S/C13H18ClN3O/c1-9-4-3-7-17(11(9)8-15)13(18)10-5-2-6-12(14)16-10/h2,5-6,9,11H,3-4,7-8,15H2,1H3/t9-,11-/m1/s1. The molecule has 18 heavy (non-hydrogen) atoms. The van der Waals surface area contributed by atoms with E-state index < -0.39 is 0 Å². The zero-order chi connectivity index (χ0) is 13.1. The molecule has 0 spiro atoms. The van der Waals surface area contributed by atoms with Crippen LogP contribution in [0.4, 0.5) is 0 Å². The minimum Gasteiger partial charge on any atom is -0.333 e. The molecule has 5 heteroatoms. The number of nitrogens with two attached hydrogens (primary N) is 1. The summed E-state index contributed by atoms with van der Waals surface area (Å²) in [5, 5.41) is 0.343. The molecule has 4 nitrogen and oxygen atoms in total. The average molecular weight is 268 g/mol. The number of pyridine rings is 1. The van der Waals surface area contributed by atoms with Gasteiger partial charge in [0.1, 0.15) is 10.8 Å². The summed E-state index contributed by atoms with van der Waals surface area (Å²) in [6.45, 7) is 3.38. The summed E-state index contributed by atoms with van der Waals surface area (Å²) in [5.74, 6) is 0.367. The van der Waals surface area contributed by atoms with Gasteiger partial charge in [0.15, 0.2) is 0 Å². The molecule has 1 aromatic rings. The average Bonchev–Trinajstić information content (AvgIpc) is 2.37. The third-order valence-electron chi connectivity index (χ3n) is 3.55. The van der Waals surface area contributed by atoms with Crippen molar-refractivity contribution >= 4 is 17.5 Å². The van der Waals surface area contributed by atoms with Gasteiger partial charge in [-0.3, -0.25) is 4.79 Å². The number of carbonyl (C=O) groups is 1. The molecule has 2 rings (SSSR count). The summed E-state index contributed by atoms with van der Waals surface area (Å²) in [7, 11) is 0. The second-order valence-electron chi connectivity index (χ2n) is 4.77. The van der Waals surface area contributed by atoms with Gasteiger partial charge in [0, 0.05) is 19.1 Å². The van der Waals surface area contributed by atoms with Crippen LogP contribution in [0.3, 0.4) is 0 Å². The number of hydrogen-bond acceptors (Lipinski definition) is 3. The van der Waals surface area contributed by atoms with E-state index in [0.29, 0.717) is 23.3 Å². The van der Waals surface area contributed by atoms with Crippen molar-refractivity contribution < 1.29 is 4.79 Å². The van der Waals surface area contributed by atoms with Gasteiger partial charge in [-0.1, -0.05) is 24.6 Å². The highest BCUT2D eigenvalue weighted by Crippen LogP contribution is 2.24. The highest BCUT2D eigenvalue weighted by Gasteiger charge is 2.31. The molecule has 1 saturated heterocycles. The Kier molecular flexibility index (Phi) is 4.19. The maximum Gasteiger partial charge on any atom is 0.272 e. The number of hydrogen-bond donors (Lipinski definition) is 1. The molecule has 0 radical (unpaired) electrons. The lowest BCUT2D eigenvalue weighted by molar-refractivity contribution is 0.0526. The Hall–Kier alpha value is -1.13. The minimum atomic E-state index is -0.0699. The first-order valence-electron chi connectivity index (χ1n) is 6.27. The molecular formula is C13H18ClN3O. The van der Waals surface area contributed by atoms with Crippen LogP contribution in [-0.4, -0.2) is 34.9 Å². The first-order valence-corrected chi connectivity index (χ1v) is 6.65. The fraction of sp³-hybridized carbons (Fsp3) is 0.538. The predicted octanol–water partition coefficient (Wildman–Crippen LogP) is 1.93. The van der Waals surface area contributed by atoms with Crippen LogP contribution >= 0.6 is 11.6 Å². The van der Waals surface area contributed by atoms with E-state index in [1.165, 1.54) is 0 Å². The van der Waals surface area contributed by atoms with Crippen LogP contribution in [-0.2, 0) is 0 Å². The molecule has 1 aromatic heterocycles. The monoisotopic (exact) mass is 267 g/mol. The molecule has 2 N–H and O–H groups in total. The van der Waals surface area contributed by atoms with Crippen LogP contribution in [0.15, 0.2) is 18.2 Å². The Morgan fingerprint density at radius 3 is 3.06 bits per heavy atom. The van der Waals surface area contributed by atoms with E-state index in [2.05, 4.69) is 11.9 Å². The number of nitrogens with zero attached hydrogens (tertiary/aromatic N) is 2. The molecule has 0 bridgehead atoms. The van der Waals surface area contributed by atoms with Gasteiger partial charge in [0.05, 0.1) is 0 Å². The van der Waals surface area contributed by atoms with E-state index in [1.807, 2.05) is 4.90 Å². The summed E-state index contributed by atoms with van der Waals surface area (Å²) in [5.41, 5.74) is 6.19. The van der Waals surface area contributed by atoms with E-state index in [0.717, 1.165) is 19.4 Å². The molecule has 2 atom stereocenters. The molecular weight excluding hydrogens is 250 g/mol. The van der Waals surface area contributed by atoms with E-state index >= 15 is 0 Å². The predicted molar refractivity (Wildman–Crippen MR) is 71.5 cm³/mol. The lowest BCUT2D eigenvalue weighted by Gasteiger charge is -2.39. The summed E-state index contributed by atoms with van der Waals surface area (Å²) < 4.78 is 0. The largest absolute Gasteiger partial charge is 0.333 e. The van der Waals surface area contributed by atoms with E-state index in [9.17, 15) is 4.79 Å². The van der Waals surface area contributed by atoms with Crippen molar-refractivity contribution in [2.75, 3.05) is 13.1 Å². The number of halogens is 1. The Morgan fingerprint density at radius 2 is 2.39 bits per heavy atom. The topological polar surface area (TPSA) is 59.2 Å². The van der Waals surface area contributed by atoms with Gasteiger partial charge >= 0.3 is 0 Å². The second kappa shape index (κ2) is 5.67. The number of carbonyl (C=O) groups excluding carboxylic acids is 1. The molecule has 1 fully saturated rings. The van der Waals surface area contributed by atoms with Crippen molar-refractivity contribution in [3.63, 3.8) is 0 Å². The number of piperidine rings is 1. The molecule has 0 saturated carbocycles. The van der Waals surface area contributed by atoms with Crippen LogP contribution in [0.25, 0.3) is 0 Å². The highest BCUT2D eigenvalue weighted by molar-refractivity contribution is 6.29. The van der Waals surface area contributed by atoms with Crippen molar-refractivity contribution in [2.45, 2.75) is 25.8 Å². The molecule has 1 amide bonds. The highest BCUT2D eigenvalue weighted by atomic mass is 35.5. The molecule has 1 aliphatic heterocycles. The lowest BCUT2D eigenvalue weighted by atomic mass is 9.90. The van der Waals surface area contributed by atoms with Crippen molar-refractivity contribution in [3.8, 4) is 0 Å². The molecule has 0 aliphatic carbocycles. The number of aromatic nitrogens is 1. The zero-order valence-corrected chi connectivity index (χ0v) is 11.2. The van der Waals surface area contributed by atoms with Crippen LogP contribution in [0.2, 0.25) is 5.15 Å². The van der Waals surface area contributed by atoms with Gasteiger partial charge in [-0.05, 0) is 30.9 Å². The number of likely N-dealkylation sites (tertiary alicyclic amines) is 1. The fourth-order valence-corrected chi connectivity index (χ4v) is 2.70. The van der Waals surface area contributed by atoms with Gasteiger partial charge in [-0.25, -0.2) is 4.98 Å². The van der Waals surface area contributed by atoms with Gasteiger partial charge in [-0.15, -0.1) is 0 Å². The Balaban J connectivity index is 2.21. The summed E-state index contributed by atoms with van der Waals surface area (Å²) >= 11 is 5.82. The summed E-state index contributed by atoms with van der Waals surface area (Å²) in [6, 6.07) is 5.21. The van der Waals surface area contributed by atoms with Crippen molar-refractivity contribution in [2.24, 2.45) is 11.7 Å². The first-order chi connectivity index (χ1) is 8.63. The van der Waals surface area contributed by atoms with Crippen molar-refractivity contribution in [1.29, 1.82) is 0 Å². The second-order valence-corrected chi connectivity index (χ2v) is 5.15. The SMILES string of the molecule is C[C@@H]1CCCN(C(=O)c2cccc(Cl)n2)[C@@H]1CN. The van der Waals surface area contributed by atoms with E-state index in [4.69, 9.17) is 17.3 Å². The van der Waals surface area contributed by atoms with Gasteiger partial charge < -0.3 is 10.6 Å². The molecule has 2 heterocycles. The fourth-order valence-electron chi connectivity index (χ4n) is 2.54. The van der Waals surface area contributed by atoms with E-state index in [-0.39, 0.29) is 11.9 Å². The molecule has 0 aromatic carbocycles. The Morgan fingerprint density at radius 1 is 1.61 bits per heavy atom. The van der Waals surface area contributed by atoms with Crippen molar-refractivity contribution in [3.05, 3.63) is 29.0 Å². The van der Waals surface area contributed by atoms with Crippen LogP contribution in [0.5, 0.6) is 0 Å². The first kappa shape index (κ1) is 13.3. The summed E-state index contributed by atoms with van der Waals surface area (Å²) in [4.78, 5) is 18.3. The molecule has 98 valence electrons. The quantitative estimate of drug-likeness (QED) is 0.833. The number of rotatable bonds is 2. The molecule has 0 unspecified atom stereocenters. The maximum absolute atomic E-state index is 12.4. The van der Waals surface area contributed by atoms with E-state index in [1.54, 1.807) is 18.2 Å². The maximum atomic E-state index is 12.4. The van der Waals surface area contributed by atoms with Gasteiger partial charge in [0.2, 0.25) is 0 Å². The third kappa shape index (κ3) is 2.65. The van der Waals surface area contributed by atoms with Gasteiger partial charge in [0.25, 0.3) is 5.91 Å². The van der Waals surface area contributed by atoms with Crippen molar-refractivity contribution in [1.82, 2.24) is 9.88 Å². The van der Waals surface area contributed by atoms with Crippen LogP contribution in [0, 0.1) is 5.92 Å². The third-order valence-corrected chi connectivity index (χ3v) is 3.76. The number of amides is 1. The Bertz CT molecular complexity index is 438. The lowest BCUT2D eigenvalue weighted by Crippen LogP contribution is -2.51.